The first kappa shape index (κ1) is 116. The van der Waals surface area contributed by atoms with Gasteiger partial charge in [-0.15, -0.1) is 13.2 Å². The predicted octanol–water partition coefficient (Wildman–Crippen LogP) is 24.0. The van der Waals surface area contributed by atoms with Crippen LogP contribution in [0.3, 0.4) is 0 Å². The van der Waals surface area contributed by atoms with Gasteiger partial charge in [0.05, 0.1) is 39.6 Å². The van der Waals surface area contributed by atoms with Crippen molar-refractivity contribution in [2.75, 3.05) is 122 Å². The molecule has 648 valence electrons. The summed E-state index contributed by atoms with van der Waals surface area (Å²) in [5.41, 5.74) is 0. The molecule has 0 saturated heterocycles. The number of hydrogen-bond acceptors (Lipinski definition) is 18. The van der Waals surface area contributed by atoms with Crippen molar-refractivity contribution in [2.24, 2.45) is 0 Å². The van der Waals surface area contributed by atoms with E-state index in [-0.39, 0.29) is 35.8 Å². The number of carbonyl (C=O) groups is 6. The summed E-state index contributed by atoms with van der Waals surface area (Å²) in [7, 11) is 9.76. The fourth-order valence-corrected chi connectivity index (χ4v) is 10.2. The van der Waals surface area contributed by atoms with Crippen LogP contribution in [-0.4, -0.2) is 158 Å². The van der Waals surface area contributed by atoms with E-state index in [1.807, 2.05) is 12.2 Å². The summed E-state index contributed by atoms with van der Waals surface area (Å²) in [5.74, 6) is -0.525. The Kier molecular flexibility index (Phi) is 119. The number of ether oxygens (including phenoxy) is 12. The summed E-state index contributed by atoms with van der Waals surface area (Å²) in [5, 5.41) is 0. The Morgan fingerprint density at radius 1 is 0.200 bits per heavy atom. The third-order valence-corrected chi connectivity index (χ3v) is 16.9. The zero-order valence-corrected chi connectivity index (χ0v) is 72.8. The molecule has 0 unspecified atom stereocenters. The van der Waals surface area contributed by atoms with Crippen LogP contribution in [0.1, 0.15) is 362 Å². The van der Waals surface area contributed by atoms with Crippen LogP contribution >= 0.6 is 0 Å². The van der Waals surface area contributed by atoms with E-state index in [4.69, 9.17) is 56.8 Å². The highest BCUT2D eigenvalue weighted by molar-refractivity contribution is 5.71. The maximum atomic E-state index is 11.3. The second kappa shape index (κ2) is 113. The number of rotatable bonds is 76. The summed E-state index contributed by atoms with van der Waals surface area (Å²) < 4.78 is 59.2. The highest BCUT2D eigenvalue weighted by atomic mass is 16.6. The van der Waals surface area contributed by atoms with Gasteiger partial charge in [-0.25, -0.2) is 0 Å². The second-order valence-corrected chi connectivity index (χ2v) is 27.4. The van der Waals surface area contributed by atoms with Gasteiger partial charge >= 0.3 is 35.8 Å². The number of unbranched alkanes of at least 4 members (excludes halogenated alkanes) is 34. The lowest BCUT2D eigenvalue weighted by Gasteiger charge is -2.04. The zero-order valence-electron chi connectivity index (χ0n) is 72.8. The molecule has 0 heterocycles. The number of esters is 6. The normalized spacial score (nSPS) is 10.8. The van der Waals surface area contributed by atoms with Crippen molar-refractivity contribution >= 4 is 35.8 Å². The standard InChI is InChI=1S/C19H36O3.C17H32O3.2C15H28O3.2C13H24O3/c1-3-4-5-6-7-8-9-10-11-12-13-14-15-16-19(20)22-18-17-21-2;1-3-4-5-6-7-8-9-10-11-12-13-14-17(18)20-16-15-19-2;2*1-3-4-5-6-7-8-9-12-15(16)18-14-11-10-13-17-2;2*1-3-4-5-6-7-8-9-10-13(14)16-12-11-15-2/h8-9H,3-7,10-18H2,1-2H3;6-7H,3-5,8-16H2,1-2H3;2*4-5H,3,6-14H2,1-2H3;2*3H,1,4-12H2,2H3/b9-8+;7-6+;2*5-4+;;. The van der Waals surface area contributed by atoms with Crippen molar-refractivity contribution in [1.82, 2.24) is 0 Å². The van der Waals surface area contributed by atoms with E-state index >= 15 is 0 Å². The predicted molar refractivity (Wildman–Crippen MR) is 457 cm³/mol. The Hall–Kier alpha value is -4.98. The molecule has 0 aromatic rings. The first-order valence-corrected chi connectivity index (χ1v) is 43.5. The topological polar surface area (TPSA) is 213 Å². The van der Waals surface area contributed by atoms with E-state index in [0.29, 0.717) is 105 Å². The zero-order chi connectivity index (χ0) is 82.3. The minimum absolute atomic E-state index is 0.0588. The number of carbonyl (C=O) groups excluding carboxylic acids is 6. The Bertz CT molecular complexity index is 1900. The number of allylic oxidation sites excluding steroid dienone is 10. The van der Waals surface area contributed by atoms with Crippen molar-refractivity contribution in [3.63, 3.8) is 0 Å². The van der Waals surface area contributed by atoms with Gasteiger partial charge in [0.1, 0.15) is 26.4 Å². The summed E-state index contributed by atoms with van der Waals surface area (Å²) in [4.78, 5) is 67.6. The van der Waals surface area contributed by atoms with Gasteiger partial charge in [-0.2, -0.15) is 0 Å². The molecule has 0 rings (SSSR count). The summed E-state index contributed by atoms with van der Waals surface area (Å²) >= 11 is 0. The highest BCUT2D eigenvalue weighted by Gasteiger charge is 2.08. The van der Waals surface area contributed by atoms with E-state index < -0.39 is 0 Å². The maximum absolute atomic E-state index is 11.3. The molecule has 18 nitrogen and oxygen atoms in total. The molecule has 0 saturated carbocycles. The van der Waals surface area contributed by atoms with Crippen LogP contribution < -0.4 is 0 Å². The quantitative estimate of drug-likeness (QED) is 0.0240. The van der Waals surface area contributed by atoms with E-state index in [9.17, 15) is 28.8 Å². The van der Waals surface area contributed by atoms with Gasteiger partial charge in [0.15, 0.2) is 0 Å². The van der Waals surface area contributed by atoms with Gasteiger partial charge in [0.2, 0.25) is 0 Å². The molecule has 0 N–H and O–H groups in total. The summed E-state index contributed by atoms with van der Waals surface area (Å²) in [6, 6.07) is 0. The second-order valence-electron chi connectivity index (χ2n) is 27.4. The molecule has 0 radical (unpaired) electrons. The lowest BCUT2D eigenvalue weighted by Crippen LogP contribution is -2.09. The largest absolute Gasteiger partial charge is 0.466 e. The van der Waals surface area contributed by atoms with Crippen molar-refractivity contribution < 1.29 is 85.6 Å². The molecule has 0 aliphatic heterocycles. The molecule has 0 atom stereocenters. The smallest absolute Gasteiger partial charge is 0.305 e. The fourth-order valence-electron chi connectivity index (χ4n) is 10.2. The minimum atomic E-state index is -0.108. The Balaban J connectivity index is -0.000000296. The lowest BCUT2D eigenvalue weighted by atomic mass is 10.1. The lowest BCUT2D eigenvalue weighted by molar-refractivity contribution is -0.145. The molecule has 0 amide bonds. The monoisotopic (exact) mass is 1570 g/mol. The number of methoxy groups -OCH3 is 6. The van der Waals surface area contributed by atoms with Crippen molar-refractivity contribution in [1.29, 1.82) is 0 Å². The minimum Gasteiger partial charge on any atom is -0.466 e. The van der Waals surface area contributed by atoms with Crippen molar-refractivity contribution in [2.45, 2.75) is 362 Å². The molecule has 0 fully saturated rings. The first-order chi connectivity index (χ1) is 53.8. The Morgan fingerprint density at radius 3 is 0.627 bits per heavy atom. The Morgan fingerprint density at radius 2 is 0.391 bits per heavy atom. The van der Waals surface area contributed by atoms with E-state index in [1.165, 1.54) is 141 Å². The molecular formula is C92H172O18. The van der Waals surface area contributed by atoms with Crippen LogP contribution in [0, 0.1) is 0 Å². The van der Waals surface area contributed by atoms with Crippen LogP contribution in [0.4, 0.5) is 0 Å². The van der Waals surface area contributed by atoms with Crippen LogP contribution in [-0.2, 0) is 85.6 Å². The number of hydrogen-bond donors (Lipinski definition) is 0. The SMILES string of the molecule is C=CCCCCCCCC(=O)OCCOC.C=CCCCCCCCC(=O)OCCOC.CC/C=C/CCCCCC(=O)OCCCCOC.CC/C=C/CCCCCC(=O)OCCCCOC.CCCC/C=C/CCCCCCCC(=O)OCCOC.CCCCCC/C=C/CCCCCCCC(=O)OCCOC. The summed E-state index contributed by atoms with van der Waals surface area (Å²) in [6.45, 7) is 22.1. The Labute approximate surface area is 675 Å². The van der Waals surface area contributed by atoms with Crippen LogP contribution in [0.2, 0.25) is 0 Å². The van der Waals surface area contributed by atoms with E-state index in [0.717, 1.165) is 167 Å². The van der Waals surface area contributed by atoms with Crippen LogP contribution in [0.25, 0.3) is 0 Å². The fraction of sp³-hybridized carbons (Fsp3) is 0.804. The summed E-state index contributed by atoms with van der Waals surface area (Å²) in [6.07, 6.45) is 77.8. The van der Waals surface area contributed by atoms with Crippen molar-refractivity contribution in [3.05, 3.63) is 73.9 Å². The molecule has 0 aromatic heterocycles. The average Bonchev–Trinajstić information content (AvgIpc) is 3.81. The highest BCUT2D eigenvalue weighted by Crippen LogP contribution is 2.14. The average molecular weight is 1570 g/mol. The third kappa shape index (κ3) is 124. The molecule has 0 spiro atoms. The van der Waals surface area contributed by atoms with E-state index in [2.05, 4.69) is 89.5 Å². The van der Waals surface area contributed by atoms with Gasteiger partial charge in [-0.1, -0.05) is 210 Å². The van der Waals surface area contributed by atoms with Gasteiger partial charge in [0.25, 0.3) is 0 Å². The van der Waals surface area contributed by atoms with Gasteiger partial charge in [-0.3, -0.25) is 28.8 Å². The molecule has 0 bridgehead atoms. The maximum Gasteiger partial charge on any atom is 0.305 e. The first-order valence-electron chi connectivity index (χ1n) is 43.5. The third-order valence-electron chi connectivity index (χ3n) is 16.9. The molecule has 0 aromatic carbocycles. The van der Waals surface area contributed by atoms with Gasteiger partial charge in [0, 0.05) is 94.4 Å². The molecular weight excluding hydrogens is 1390 g/mol. The van der Waals surface area contributed by atoms with Gasteiger partial charge in [-0.05, 0) is 173 Å². The molecule has 18 heteroatoms. The van der Waals surface area contributed by atoms with Gasteiger partial charge < -0.3 is 56.8 Å². The molecule has 110 heavy (non-hydrogen) atoms. The molecule has 0 aliphatic carbocycles. The van der Waals surface area contributed by atoms with E-state index in [1.54, 1.807) is 42.7 Å². The van der Waals surface area contributed by atoms with Crippen molar-refractivity contribution in [3.8, 4) is 0 Å². The molecule has 0 aliphatic rings. The van der Waals surface area contributed by atoms with Crippen LogP contribution in [0.15, 0.2) is 73.9 Å². The van der Waals surface area contributed by atoms with Crippen LogP contribution in [0.5, 0.6) is 0 Å².